The molecule has 0 heterocycles. The van der Waals surface area contributed by atoms with E-state index in [0.29, 0.717) is 17.7 Å². The van der Waals surface area contributed by atoms with Gasteiger partial charge in [0.15, 0.2) is 5.82 Å². The van der Waals surface area contributed by atoms with Gasteiger partial charge in [-0.25, -0.2) is 29.5 Å². The molecule has 0 unspecified atom stereocenters. The van der Waals surface area contributed by atoms with Crippen LogP contribution in [0.2, 0.25) is 0 Å². The summed E-state index contributed by atoms with van der Waals surface area (Å²) in [6.45, 7) is 0. The molecule has 8 heteroatoms. The van der Waals surface area contributed by atoms with Crippen molar-refractivity contribution in [1.82, 2.24) is 0 Å². The largest absolute Gasteiger partial charge is 2.00 e. The monoisotopic (exact) mass is 416 g/mol. The SMILES string of the molecule is [Fe+2].[O-]/C(=C\C=C1C=CC=C1)c1cc(F)cc(F)c1OB(F)F.c1cc[cH-]c1. The topological polar surface area (TPSA) is 32.3 Å². The van der Waals surface area contributed by atoms with Gasteiger partial charge in [0, 0.05) is 11.6 Å². The molecule has 1 aliphatic carbocycles. The maximum atomic E-state index is 13.5. The summed E-state index contributed by atoms with van der Waals surface area (Å²) in [5, 5.41) is 11.9. The number of hydrogen-bond donors (Lipinski definition) is 0. The predicted molar refractivity (Wildman–Crippen MR) is 91.3 cm³/mol. The van der Waals surface area contributed by atoms with Gasteiger partial charge in [-0.3, -0.25) is 0 Å². The van der Waals surface area contributed by atoms with Crippen LogP contribution in [0.15, 0.2) is 84.5 Å². The molecule has 0 bridgehead atoms. The van der Waals surface area contributed by atoms with Gasteiger partial charge in [-0.1, -0.05) is 42.2 Å². The number of rotatable bonds is 4. The average molecular weight is 416 g/mol. The van der Waals surface area contributed by atoms with Crippen LogP contribution in [-0.2, 0) is 17.1 Å². The van der Waals surface area contributed by atoms with Crippen molar-refractivity contribution in [2.45, 2.75) is 0 Å². The first-order valence-electron chi connectivity index (χ1n) is 7.52. The number of allylic oxidation sites excluding steroid dienone is 7. The third-order valence-corrected chi connectivity index (χ3v) is 3.15. The molecule has 0 amide bonds. The van der Waals surface area contributed by atoms with E-state index in [0.717, 1.165) is 6.08 Å². The zero-order chi connectivity index (χ0) is 18.9. The Balaban J connectivity index is 0.000000526. The standard InChI is InChI=1S/C14H9BF4O2.C5H5.Fe/c16-10-7-11(14(12(17)8-10)21-15(18)19)13(20)6-5-9-3-1-2-4-9;1-2-4-5-3-1;/h1-8,20H;1-5H;/q;-1;+2/p-1/b13-6-;;. The molecule has 3 rings (SSSR count). The summed E-state index contributed by atoms with van der Waals surface area (Å²) >= 11 is 0. The van der Waals surface area contributed by atoms with E-state index in [-0.39, 0.29) is 17.1 Å². The number of benzene rings is 1. The van der Waals surface area contributed by atoms with Crippen LogP contribution in [0.1, 0.15) is 5.56 Å². The van der Waals surface area contributed by atoms with Crippen molar-refractivity contribution in [3.63, 3.8) is 0 Å². The van der Waals surface area contributed by atoms with Crippen LogP contribution in [-0.4, -0.2) is 7.47 Å². The molecule has 2 nitrogen and oxygen atoms in total. The Bertz CT molecular complexity index is 812. The second-order valence-corrected chi connectivity index (χ2v) is 5.02. The molecule has 0 atom stereocenters. The average Bonchev–Trinajstić information content (AvgIpc) is 3.30. The normalized spacial score (nSPS) is 12.1. The molecular formula is C19H13BF4FeO2. The fraction of sp³-hybridized carbons (Fsp3) is 0. The van der Waals surface area contributed by atoms with Crippen LogP contribution in [0.25, 0.3) is 5.76 Å². The number of halogens is 4. The third-order valence-electron chi connectivity index (χ3n) is 3.15. The van der Waals surface area contributed by atoms with Gasteiger partial charge in [0.25, 0.3) is 0 Å². The summed E-state index contributed by atoms with van der Waals surface area (Å²) in [6.07, 6.45) is 9.30. The molecule has 0 spiro atoms. The third kappa shape index (κ3) is 7.29. The summed E-state index contributed by atoms with van der Waals surface area (Å²) in [7, 11) is -3.32. The van der Waals surface area contributed by atoms with E-state index in [1.54, 1.807) is 24.3 Å². The van der Waals surface area contributed by atoms with Gasteiger partial charge >= 0.3 is 24.5 Å². The van der Waals surface area contributed by atoms with Crippen LogP contribution in [0, 0.1) is 11.6 Å². The van der Waals surface area contributed by atoms with Crippen LogP contribution in [0.5, 0.6) is 5.75 Å². The first-order chi connectivity index (χ1) is 12.5. The quantitative estimate of drug-likeness (QED) is 0.320. The summed E-state index contributed by atoms with van der Waals surface area (Å²) < 4.78 is 55.1. The fourth-order valence-electron chi connectivity index (χ4n) is 2.03. The summed E-state index contributed by atoms with van der Waals surface area (Å²) in [6, 6.07) is 11.0. The fourth-order valence-corrected chi connectivity index (χ4v) is 2.03. The van der Waals surface area contributed by atoms with Gasteiger partial charge in [0.05, 0.1) is 0 Å². The minimum Gasteiger partial charge on any atom is -0.872 e. The van der Waals surface area contributed by atoms with E-state index in [2.05, 4.69) is 4.65 Å². The maximum Gasteiger partial charge on any atom is 2.00 e. The van der Waals surface area contributed by atoms with Gasteiger partial charge in [-0.2, -0.15) is 18.2 Å². The molecule has 27 heavy (non-hydrogen) atoms. The molecule has 140 valence electrons. The smallest absolute Gasteiger partial charge is 0.872 e. The first-order valence-corrected chi connectivity index (χ1v) is 7.52. The molecule has 0 radical (unpaired) electrons. The van der Waals surface area contributed by atoms with Crippen molar-refractivity contribution in [2.24, 2.45) is 0 Å². The summed E-state index contributed by atoms with van der Waals surface area (Å²) in [5.74, 6) is -4.23. The van der Waals surface area contributed by atoms with Gasteiger partial charge < -0.3 is 9.76 Å². The summed E-state index contributed by atoms with van der Waals surface area (Å²) in [4.78, 5) is 0. The molecule has 2 aromatic rings. The summed E-state index contributed by atoms with van der Waals surface area (Å²) in [5.41, 5.74) is 0.0900. The molecule has 0 aliphatic heterocycles. The molecule has 2 aromatic carbocycles. The van der Waals surface area contributed by atoms with Crippen LogP contribution >= 0.6 is 0 Å². The van der Waals surface area contributed by atoms with Crippen molar-refractivity contribution >= 4 is 13.2 Å². The Morgan fingerprint density at radius 2 is 1.70 bits per heavy atom. The molecule has 1 aliphatic rings. The first kappa shape index (κ1) is 22.5. The Morgan fingerprint density at radius 1 is 1.07 bits per heavy atom. The van der Waals surface area contributed by atoms with E-state index >= 15 is 0 Å². The van der Waals surface area contributed by atoms with Crippen molar-refractivity contribution in [3.05, 3.63) is 102 Å². The van der Waals surface area contributed by atoms with Gasteiger partial charge in [-0.05, 0) is 11.6 Å². The van der Waals surface area contributed by atoms with E-state index in [4.69, 9.17) is 0 Å². The molecule has 0 saturated heterocycles. The van der Waals surface area contributed by atoms with Crippen LogP contribution in [0.3, 0.4) is 0 Å². The predicted octanol–water partition coefficient (Wildman–Crippen LogP) is 4.42. The van der Waals surface area contributed by atoms with Crippen molar-refractivity contribution in [1.29, 1.82) is 0 Å². The van der Waals surface area contributed by atoms with Crippen molar-refractivity contribution in [3.8, 4) is 5.75 Å². The van der Waals surface area contributed by atoms with E-state index in [1.165, 1.54) is 6.08 Å². The number of hydrogen-bond acceptors (Lipinski definition) is 2. The molecular weight excluding hydrogens is 403 g/mol. The van der Waals surface area contributed by atoms with Gasteiger partial charge in [0.2, 0.25) is 0 Å². The Morgan fingerprint density at radius 3 is 2.22 bits per heavy atom. The maximum absolute atomic E-state index is 13.5. The minimum atomic E-state index is -3.32. The van der Waals surface area contributed by atoms with Crippen molar-refractivity contribution < 1.29 is 44.2 Å². The van der Waals surface area contributed by atoms with E-state index in [9.17, 15) is 22.5 Å². The molecule has 0 fully saturated rings. The van der Waals surface area contributed by atoms with Crippen LogP contribution in [0.4, 0.5) is 17.4 Å². The van der Waals surface area contributed by atoms with E-state index in [1.807, 2.05) is 30.3 Å². The van der Waals surface area contributed by atoms with Crippen LogP contribution < -0.4 is 9.76 Å². The second kappa shape index (κ2) is 11.2. The Hall–Kier alpha value is -2.57. The molecule has 0 N–H and O–H groups in total. The Kier molecular flexibility index (Phi) is 9.33. The Labute approximate surface area is 165 Å². The molecule has 0 aromatic heterocycles. The molecule has 0 saturated carbocycles. The van der Waals surface area contributed by atoms with E-state index < -0.39 is 36.2 Å². The van der Waals surface area contributed by atoms with Gasteiger partial charge in [-0.15, -0.1) is 0 Å². The van der Waals surface area contributed by atoms with Gasteiger partial charge in [0.1, 0.15) is 11.6 Å². The zero-order valence-electron chi connectivity index (χ0n) is 13.8. The minimum absolute atomic E-state index is 0. The van der Waals surface area contributed by atoms with Crippen molar-refractivity contribution in [2.75, 3.05) is 0 Å². The zero-order valence-corrected chi connectivity index (χ0v) is 14.9. The second-order valence-electron chi connectivity index (χ2n) is 5.02.